The summed E-state index contributed by atoms with van der Waals surface area (Å²) in [6.45, 7) is 6.11. The van der Waals surface area contributed by atoms with Gasteiger partial charge in [-0.3, -0.25) is 19.5 Å². The first-order chi connectivity index (χ1) is 24.9. The minimum Gasteiger partial charge on any atom is -0.356 e. The fourth-order valence-corrected chi connectivity index (χ4v) is 7.01. The Labute approximate surface area is 298 Å². The molecule has 2 fully saturated rings. The minimum absolute atomic E-state index is 0.00129. The number of nitrogens with one attached hydrogen (secondary N) is 2. The molecule has 260 valence electrons. The Morgan fingerprint density at radius 2 is 1.45 bits per heavy atom. The first-order valence-electron chi connectivity index (χ1n) is 17.8. The van der Waals surface area contributed by atoms with E-state index in [1.165, 1.54) is 0 Å². The van der Waals surface area contributed by atoms with Gasteiger partial charge in [-0.25, -0.2) is 9.37 Å². The van der Waals surface area contributed by atoms with Crippen LogP contribution in [0.5, 0.6) is 0 Å². The Kier molecular flexibility index (Phi) is 10.4. The molecule has 2 aromatic heterocycles. The van der Waals surface area contributed by atoms with Crippen molar-refractivity contribution in [3.8, 4) is 22.3 Å². The number of nitrogens with zero attached hydrogens (tertiary/aromatic N) is 4. The number of likely N-dealkylation sites (tertiary alicyclic amines) is 1. The summed E-state index contributed by atoms with van der Waals surface area (Å²) in [6, 6.07) is 28.6. The molecule has 0 unspecified atom stereocenters. The van der Waals surface area contributed by atoms with Crippen LogP contribution in [0.3, 0.4) is 0 Å². The van der Waals surface area contributed by atoms with E-state index in [1.807, 2.05) is 73.8 Å². The summed E-state index contributed by atoms with van der Waals surface area (Å²) in [7, 11) is 0. The number of rotatable bonds is 9. The molecule has 51 heavy (non-hydrogen) atoms. The van der Waals surface area contributed by atoms with Gasteiger partial charge in [0.25, 0.3) is 11.8 Å². The van der Waals surface area contributed by atoms with Crippen LogP contribution in [0.1, 0.15) is 57.5 Å². The van der Waals surface area contributed by atoms with Crippen molar-refractivity contribution in [2.24, 2.45) is 0 Å². The van der Waals surface area contributed by atoms with Crippen molar-refractivity contribution in [2.45, 2.75) is 51.2 Å². The molecule has 2 aliphatic heterocycles. The second kappa shape index (κ2) is 15.6. The summed E-state index contributed by atoms with van der Waals surface area (Å²) in [6.07, 6.45) is 8.82. The third kappa shape index (κ3) is 8.32. The van der Waals surface area contributed by atoms with Crippen LogP contribution in [0.4, 0.5) is 10.2 Å². The molecule has 2 N–H and O–H groups in total. The first kappa shape index (κ1) is 34.1. The summed E-state index contributed by atoms with van der Waals surface area (Å²) in [5, 5.41) is 6.30. The summed E-state index contributed by atoms with van der Waals surface area (Å²) < 4.78 is 15.4. The number of hydrogen-bond acceptors (Lipinski definition) is 6. The molecule has 5 aromatic rings. The highest BCUT2D eigenvalue weighted by Gasteiger charge is 2.25. The van der Waals surface area contributed by atoms with Crippen LogP contribution in [0.2, 0.25) is 0 Å². The lowest BCUT2D eigenvalue weighted by Gasteiger charge is -2.34. The van der Waals surface area contributed by atoms with Crippen molar-refractivity contribution >= 4 is 17.6 Å². The topological polar surface area (TPSA) is 90.5 Å². The van der Waals surface area contributed by atoms with E-state index in [2.05, 4.69) is 37.6 Å². The van der Waals surface area contributed by atoms with Gasteiger partial charge in [0, 0.05) is 80.1 Å². The average molecular weight is 683 g/mol. The molecule has 0 aliphatic carbocycles. The molecular weight excluding hydrogens is 640 g/mol. The first-order valence-corrected chi connectivity index (χ1v) is 17.8. The molecule has 3 aromatic carbocycles. The number of halogens is 1. The lowest BCUT2D eigenvalue weighted by molar-refractivity contribution is 0.0902. The molecule has 4 heterocycles. The number of aromatic nitrogens is 2. The minimum atomic E-state index is -0.484. The van der Waals surface area contributed by atoms with Crippen LogP contribution in [0, 0.1) is 12.7 Å². The molecule has 7 rings (SSSR count). The van der Waals surface area contributed by atoms with E-state index >= 15 is 4.39 Å². The summed E-state index contributed by atoms with van der Waals surface area (Å²) in [5.41, 5.74) is 6.14. The molecule has 0 spiro atoms. The van der Waals surface area contributed by atoms with Gasteiger partial charge in [0.2, 0.25) is 0 Å². The molecule has 2 saturated heterocycles. The maximum atomic E-state index is 15.4. The fraction of sp³-hybridized carbons (Fsp3) is 0.286. The van der Waals surface area contributed by atoms with E-state index in [0.29, 0.717) is 11.1 Å². The molecule has 0 atom stereocenters. The van der Waals surface area contributed by atoms with E-state index in [0.717, 1.165) is 92.0 Å². The highest BCUT2D eigenvalue weighted by atomic mass is 19.1. The van der Waals surface area contributed by atoms with Gasteiger partial charge in [0.15, 0.2) is 0 Å². The summed E-state index contributed by atoms with van der Waals surface area (Å²) >= 11 is 0. The van der Waals surface area contributed by atoms with Crippen molar-refractivity contribution in [3.63, 3.8) is 0 Å². The number of carbonyl (C=O) groups is 2. The van der Waals surface area contributed by atoms with Gasteiger partial charge in [0.1, 0.15) is 11.6 Å². The van der Waals surface area contributed by atoms with Gasteiger partial charge in [-0.2, -0.15) is 0 Å². The van der Waals surface area contributed by atoms with E-state index in [-0.39, 0.29) is 29.5 Å². The molecule has 2 aliphatic rings. The van der Waals surface area contributed by atoms with Gasteiger partial charge >= 0.3 is 0 Å². The summed E-state index contributed by atoms with van der Waals surface area (Å²) in [4.78, 5) is 39.8. The molecular formula is C42H43FN6O2. The molecule has 0 bridgehead atoms. The zero-order chi connectivity index (χ0) is 35.2. The van der Waals surface area contributed by atoms with E-state index in [9.17, 15) is 9.59 Å². The Bertz CT molecular complexity index is 1950. The highest BCUT2D eigenvalue weighted by molar-refractivity contribution is 5.96. The number of benzene rings is 3. The van der Waals surface area contributed by atoms with Crippen LogP contribution in [-0.4, -0.2) is 64.9 Å². The smallest absolute Gasteiger partial charge is 0.254 e. The largest absolute Gasteiger partial charge is 0.356 e. The van der Waals surface area contributed by atoms with Crippen LogP contribution in [0.25, 0.3) is 22.3 Å². The van der Waals surface area contributed by atoms with Gasteiger partial charge in [-0.1, -0.05) is 66.2 Å². The van der Waals surface area contributed by atoms with Gasteiger partial charge in [-0.05, 0) is 79.6 Å². The van der Waals surface area contributed by atoms with Crippen molar-refractivity contribution in [2.75, 3.05) is 31.1 Å². The number of hydrogen-bond donors (Lipinski definition) is 2. The zero-order valence-electron chi connectivity index (χ0n) is 28.9. The fourth-order valence-electron chi connectivity index (χ4n) is 7.01. The lowest BCUT2D eigenvalue weighted by Crippen LogP contribution is -2.45. The van der Waals surface area contributed by atoms with E-state index in [1.54, 1.807) is 30.6 Å². The number of piperidine rings is 2. The quantitative estimate of drug-likeness (QED) is 0.173. The third-order valence-corrected chi connectivity index (χ3v) is 10.0. The molecule has 0 saturated carbocycles. The number of aryl methyl sites for hydroxylation is 1. The average Bonchev–Trinajstić information content (AvgIpc) is 3.17. The number of pyridine rings is 2. The zero-order valence-corrected chi connectivity index (χ0v) is 28.9. The molecule has 8 nitrogen and oxygen atoms in total. The van der Waals surface area contributed by atoms with Crippen molar-refractivity contribution in [3.05, 3.63) is 138 Å². The Balaban J connectivity index is 0.851. The molecule has 0 radical (unpaired) electrons. The van der Waals surface area contributed by atoms with Crippen LogP contribution in [-0.2, 0) is 6.54 Å². The maximum absolute atomic E-state index is 15.4. The predicted octanol–water partition coefficient (Wildman–Crippen LogP) is 7.05. The van der Waals surface area contributed by atoms with Gasteiger partial charge in [-0.15, -0.1) is 0 Å². The Morgan fingerprint density at radius 3 is 2.16 bits per heavy atom. The van der Waals surface area contributed by atoms with Crippen molar-refractivity contribution < 1.29 is 14.0 Å². The van der Waals surface area contributed by atoms with Crippen molar-refractivity contribution in [1.82, 2.24) is 25.5 Å². The van der Waals surface area contributed by atoms with Crippen LogP contribution in [0.15, 0.2) is 110 Å². The molecule has 9 heteroatoms. The standard InChI is InChI=1S/C42H43FN6O2/c1-29-10-13-31(14-11-29)37-8-3-9-38(40(37)43)42(51)47-35-16-21-48(22-17-35)28-30-12-15-39(45-26-30)49-23-18-36(19-24-49)46-41(50)33-6-2-5-32(25-33)34-7-4-20-44-27-34/h2-15,20,25-27,35-36H,16-19,21-24,28H2,1H3,(H,46,50)(H,47,51). The van der Waals surface area contributed by atoms with E-state index < -0.39 is 5.82 Å². The van der Waals surface area contributed by atoms with Gasteiger partial charge in [0.05, 0.1) is 5.56 Å². The summed E-state index contributed by atoms with van der Waals surface area (Å²) in [5.74, 6) is 0.0543. The van der Waals surface area contributed by atoms with Crippen LogP contribution < -0.4 is 15.5 Å². The van der Waals surface area contributed by atoms with Crippen LogP contribution >= 0.6 is 0 Å². The highest BCUT2D eigenvalue weighted by Crippen LogP contribution is 2.26. The second-order valence-electron chi connectivity index (χ2n) is 13.6. The normalized spacial score (nSPS) is 15.8. The Morgan fingerprint density at radius 1 is 0.745 bits per heavy atom. The Hall–Kier alpha value is -5.41. The second-order valence-corrected chi connectivity index (χ2v) is 13.6. The van der Waals surface area contributed by atoms with Gasteiger partial charge < -0.3 is 15.5 Å². The predicted molar refractivity (Wildman–Crippen MR) is 199 cm³/mol. The third-order valence-electron chi connectivity index (χ3n) is 10.0. The SMILES string of the molecule is Cc1ccc(-c2cccc(C(=O)NC3CCN(Cc4ccc(N5CCC(NC(=O)c6cccc(-c7cccnc7)c6)CC5)nc4)CC3)c2F)cc1. The maximum Gasteiger partial charge on any atom is 0.254 e. The molecule has 2 amide bonds. The lowest BCUT2D eigenvalue weighted by atomic mass is 9.99. The number of amides is 2. The number of anilines is 1. The number of carbonyl (C=O) groups excluding carboxylic acids is 2. The van der Waals surface area contributed by atoms with Crippen molar-refractivity contribution in [1.29, 1.82) is 0 Å². The monoisotopic (exact) mass is 682 g/mol. The van der Waals surface area contributed by atoms with E-state index in [4.69, 9.17) is 4.98 Å².